The molecule has 0 radical (unpaired) electrons. The Balaban J connectivity index is 2.02. The van der Waals surface area contributed by atoms with Crippen LogP contribution in [0.4, 0.5) is 0 Å². The van der Waals surface area contributed by atoms with Crippen LogP contribution in [0.3, 0.4) is 0 Å². The highest BCUT2D eigenvalue weighted by Crippen LogP contribution is 2.39. The molecule has 0 spiro atoms. The van der Waals surface area contributed by atoms with Gasteiger partial charge in [0.15, 0.2) is 0 Å². The maximum atomic E-state index is 6.05. The van der Waals surface area contributed by atoms with Crippen LogP contribution in [0.25, 0.3) is 0 Å². The summed E-state index contributed by atoms with van der Waals surface area (Å²) < 4.78 is 6.05. The van der Waals surface area contributed by atoms with Gasteiger partial charge in [-0.3, -0.25) is 4.90 Å². The van der Waals surface area contributed by atoms with Crippen molar-refractivity contribution in [1.82, 2.24) is 10.2 Å². The fourth-order valence-electron chi connectivity index (χ4n) is 4.70. The zero-order valence-corrected chi connectivity index (χ0v) is 15.0. The summed E-state index contributed by atoms with van der Waals surface area (Å²) in [5.74, 6) is 0.773. The van der Waals surface area contributed by atoms with Gasteiger partial charge in [0.25, 0.3) is 0 Å². The number of morpholine rings is 1. The van der Waals surface area contributed by atoms with Crippen LogP contribution in [0.5, 0.6) is 0 Å². The second-order valence-electron chi connectivity index (χ2n) is 8.56. The largest absolute Gasteiger partial charge is 0.370 e. The molecular weight excluding hydrogens is 260 g/mol. The van der Waals surface area contributed by atoms with Gasteiger partial charge in [-0.05, 0) is 51.5 Å². The third-order valence-corrected chi connectivity index (χ3v) is 5.27. The number of ether oxygens (including phenoxy) is 1. The molecule has 1 N–H and O–H groups in total. The molecule has 0 aromatic rings. The first kappa shape index (κ1) is 17.2. The highest BCUT2D eigenvalue weighted by Gasteiger charge is 2.40. The molecule has 3 heteroatoms. The minimum Gasteiger partial charge on any atom is -0.370 e. The molecule has 1 aliphatic heterocycles. The van der Waals surface area contributed by atoms with Gasteiger partial charge >= 0.3 is 0 Å². The third-order valence-electron chi connectivity index (χ3n) is 5.27. The van der Waals surface area contributed by atoms with Crippen LogP contribution in [0.15, 0.2) is 0 Å². The topological polar surface area (TPSA) is 24.5 Å². The van der Waals surface area contributed by atoms with Crippen molar-refractivity contribution in [2.24, 2.45) is 11.3 Å². The van der Waals surface area contributed by atoms with Crippen LogP contribution >= 0.6 is 0 Å². The molecule has 124 valence electrons. The predicted molar refractivity (Wildman–Crippen MR) is 89.7 cm³/mol. The molecule has 3 atom stereocenters. The molecule has 21 heavy (non-hydrogen) atoms. The molecule has 0 bridgehead atoms. The Labute approximate surface area is 131 Å². The molecule has 3 nitrogen and oxygen atoms in total. The van der Waals surface area contributed by atoms with E-state index < -0.39 is 0 Å². The summed E-state index contributed by atoms with van der Waals surface area (Å²) in [5.41, 5.74) is 0.419. The number of nitrogens with one attached hydrogen (secondary N) is 1. The normalized spacial score (nSPS) is 36.6. The second kappa shape index (κ2) is 6.55. The van der Waals surface area contributed by atoms with Gasteiger partial charge in [0.2, 0.25) is 0 Å². The van der Waals surface area contributed by atoms with Crippen molar-refractivity contribution in [2.75, 3.05) is 26.2 Å². The molecule has 1 heterocycles. The maximum absolute atomic E-state index is 6.05. The molecule has 2 rings (SSSR count). The van der Waals surface area contributed by atoms with Crippen molar-refractivity contribution in [1.29, 1.82) is 0 Å². The van der Waals surface area contributed by atoms with Crippen LogP contribution in [0, 0.1) is 11.3 Å². The summed E-state index contributed by atoms with van der Waals surface area (Å²) in [7, 11) is 0. The Morgan fingerprint density at radius 1 is 1.24 bits per heavy atom. The van der Waals surface area contributed by atoms with Crippen molar-refractivity contribution in [2.45, 2.75) is 78.6 Å². The Hall–Kier alpha value is -0.120. The summed E-state index contributed by atoms with van der Waals surface area (Å²) in [6.07, 6.45) is 4.45. The Bertz CT molecular complexity index is 340. The van der Waals surface area contributed by atoms with Crippen LogP contribution in [0.2, 0.25) is 0 Å². The van der Waals surface area contributed by atoms with Gasteiger partial charge in [0.05, 0.1) is 11.7 Å². The fraction of sp³-hybridized carbons (Fsp3) is 1.00. The van der Waals surface area contributed by atoms with E-state index in [1.54, 1.807) is 0 Å². The molecule has 2 fully saturated rings. The zero-order chi connectivity index (χ0) is 15.7. The first-order valence-electron chi connectivity index (χ1n) is 8.87. The SMILES string of the molecule is CCNC1C(CN2CC(C)OC(C)(C)C2)CCCC1(C)C. The lowest BCUT2D eigenvalue weighted by Crippen LogP contribution is -2.57. The molecular formula is C18H36N2O. The lowest BCUT2D eigenvalue weighted by molar-refractivity contribution is -0.133. The molecule has 1 aliphatic carbocycles. The van der Waals surface area contributed by atoms with E-state index in [9.17, 15) is 0 Å². The fourth-order valence-corrected chi connectivity index (χ4v) is 4.70. The average Bonchev–Trinajstić information content (AvgIpc) is 2.30. The van der Waals surface area contributed by atoms with Crippen molar-refractivity contribution in [3.05, 3.63) is 0 Å². The van der Waals surface area contributed by atoms with E-state index >= 15 is 0 Å². The molecule has 0 aromatic heterocycles. The molecule has 0 amide bonds. The van der Waals surface area contributed by atoms with E-state index in [4.69, 9.17) is 4.74 Å². The Morgan fingerprint density at radius 2 is 1.95 bits per heavy atom. The summed E-state index contributed by atoms with van der Waals surface area (Å²) in [6.45, 7) is 18.2. The van der Waals surface area contributed by atoms with E-state index in [0.29, 0.717) is 17.6 Å². The first-order valence-corrected chi connectivity index (χ1v) is 8.87. The van der Waals surface area contributed by atoms with Crippen molar-refractivity contribution >= 4 is 0 Å². The number of rotatable bonds is 4. The molecule has 1 saturated heterocycles. The van der Waals surface area contributed by atoms with Crippen molar-refractivity contribution < 1.29 is 4.74 Å². The Kier molecular flexibility index (Phi) is 5.38. The van der Waals surface area contributed by atoms with E-state index in [2.05, 4.69) is 51.8 Å². The standard InChI is InChI=1S/C18H36N2O/c1-7-19-16-15(9-8-10-17(16,3)4)12-20-11-14(2)21-18(5,6)13-20/h14-16,19H,7-13H2,1-6H3. The lowest BCUT2D eigenvalue weighted by atomic mass is 9.67. The van der Waals surface area contributed by atoms with Gasteiger partial charge in [-0.15, -0.1) is 0 Å². The van der Waals surface area contributed by atoms with E-state index in [0.717, 1.165) is 25.6 Å². The van der Waals surface area contributed by atoms with Crippen LogP contribution in [-0.2, 0) is 4.74 Å². The molecule has 2 aliphatic rings. The van der Waals surface area contributed by atoms with Gasteiger partial charge in [0.1, 0.15) is 0 Å². The maximum Gasteiger partial charge on any atom is 0.0757 e. The number of hydrogen-bond donors (Lipinski definition) is 1. The van der Waals surface area contributed by atoms with Crippen LogP contribution in [0.1, 0.15) is 60.8 Å². The lowest BCUT2D eigenvalue weighted by Gasteiger charge is -2.48. The minimum atomic E-state index is -0.00443. The monoisotopic (exact) mass is 296 g/mol. The van der Waals surface area contributed by atoms with Gasteiger partial charge in [0, 0.05) is 25.7 Å². The molecule has 3 unspecified atom stereocenters. The highest BCUT2D eigenvalue weighted by atomic mass is 16.5. The first-order chi connectivity index (χ1) is 9.73. The molecule has 0 aromatic carbocycles. The van der Waals surface area contributed by atoms with Crippen molar-refractivity contribution in [3.63, 3.8) is 0 Å². The van der Waals surface area contributed by atoms with Gasteiger partial charge in [-0.25, -0.2) is 0 Å². The highest BCUT2D eigenvalue weighted by molar-refractivity contribution is 4.95. The average molecular weight is 296 g/mol. The van der Waals surface area contributed by atoms with E-state index in [-0.39, 0.29) is 5.60 Å². The van der Waals surface area contributed by atoms with E-state index in [1.165, 1.54) is 25.8 Å². The summed E-state index contributed by atoms with van der Waals surface area (Å²) in [4.78, 5) is 2.64. The predicted octanol–water partition coefficient (Wildman–Crippen LogP) is 3.29. The van der Waals surface area contributed by atoms with Gasteiger partial charge in [-0.2, -0.15) is 0 Å². The van der Waals surface area contributed by atoms with Crippen LogP contribution in [-0.4, -0.2) is 48.8 Å². The quantitative estimate of drug-likeness (QED) is 0.861. The third kappa shape index (κ3) is 4.43. The summed E-state index contributed by atoms with van der Waals surface area (Å²) >= 11 is 0. The summed E-state index contributed by atoms with van der Waals surface area (Å²) in [5, 5.41) is 3.79. The smallest absolute Gasteiger partial charge is 0.0757 e. The van der Waals surface area contributed by atoms with Gasteiger partial charge in [-0.1, -0.05) is 27.2 Å². The van der Waals surface area contributed by atoms with Gasteiger partial charge < -0.3 is 10.1 Å². The van der Waals surface area contributed by atoms with E-state index in [1.807, 2.05) is 0 Å². The van der Waals surface area contributed by atoms with Crippen molar-refractivity contribution in [3.8, 4) is 0 Å². The zero-order valence-electron chi connectivity index (χ0n) is 15.0. The Morgan fingerprint density at radius 3 is 2.57 bits per heavy atom. The number of hydrogen-bond acceptors (Lipinski definition) is 3. The van der Waals surface area contributed by atoms with Crippen LogP contribution < -0.4 is 5.32 Å². The summed E-state index contributed by atoms with van der Waals surface area (Å²) in [6, 6.07) is 0.650. The molecule has 1 saturated carbocycles. The second-order valence-corrected chi connectivity index (χ2v) is 8.56. The minimum absolute atomic E-state index is 0.00443. The number of nitrogens with zero attached hydrogens (tertiary/aromatic N) is 1.